The number of ether oxygens (including phenoxy) is 4. The topological polar surface area (TPSA) is 123 Å². The monoisotopic (exact) mass is 427 g/mol. The van der Waals surface area contributed by atoms with Crippen LogP contribution in [0.4, 0.5) is 5.69 Å². The zero-order valence-electron chi connectivity index (χ0n) is 18.0. The molecule has 0 bridgehead atoms. The van der Waals surface area contributed by atoms with E-state index in [1.165, 1.54) is 14.2 Å². The highest BCUT2D eigenvalue weighted by Gasteiger charge is 2.18. The van der Waals surface area contributed by atoms with Gasteiger partial charge in [0.05, 0.1) is 57.7 Å². The van der Waals surface area contributed by atoms with E-state index < -0.39 is 6.04 Å². The summed E-state index contributed by atoms with van der Waals surface area (Å²) in [4.78, 5) is 12.1. The number of nitrogens with one attached hydrogen (secondary N) is 1. The summed E-state index contributed by atoms with van der Waals surface area (Å²) in [6.45, 7) is 1.61. The Morgan fingerprint density at radius 2 is 1.65 bits per heavy atom. The van der Waals surface area contributed by atoms with Crippen LogP contribution in [-0.4, -0.2) is 55.4 Å². The first kappa shape index (κ1) is 21.9. The van der Waals surface area contributed by atoms with Crippen molar-refractivity contribution < 1.29 is 23.7 Å². The molecule has 3 N–H and O–H groups in total. The van der Waals surface area contributed by atoms with Crippen molar-refractivity contribution in [2.45, 2.75) is 13.0 Å². The molecule has 1 amide bonds. The van der Waals surface area contributed by atoms with Gasteiger partial charge in [-0.2, -0.15) is 0 Å². The van der Waals surface area contributed by atoms with Gasteiger partial charge >= 0.3 is 0 Å². The van der Waals surface area contributed by atoms with Gasteiger partial charge in [0, 0.05) is 17.7 Å². The molecule has 0 aliphatic heterocycles. The fraction of sp³-hybridized carbons (Fsp3) is 0.286. The normalized spacial score (nSPS) is 11.5. The van der Waals surface area contributed by atoms with Crippen LogP contribution in [0.5, 0.6) is 23.0 Å². The number of hydrogen-bond acceptors (Lipinski definition) is 8. The molecule has 10 nitrogen and oxygen atoms in total. The minimum atomic E-state index is -0.667. The van der Waals surface area contributed by atoms with Crippen molar-refractivity contribution in [1.82, 2.24) is 15.0 Å². The van der Waals surface area contributed by atoms with Gasteiger partial charge < -0.3 is 30.0 Å². The van der Waals surface area contributed by atoms with Crippen LogP contribution >= 0.6 is 0 Å². The molecule has 0 spiro atoms. The second-order valence-corrected chi connectivity index (χ2v) is 6.61. The zero-order valence-corrected chi connectivity index (χ0v) is 18.0. The Labute approximate surface area is 179 Å². The Kier molecular flexibility index (Phi) is 6.61. The lowest BCUT2D eigenvalue weighted by atomic mass is 10.1. The Bertz CT molecular complexity index is 1050. The fourth-order valence-electron chi connectivity index (χ4n) is 3.02. The number of anilines is 1. The standard InChI is InChI=1S/C21H25N5O5/c1-12(22)21(27)24-15-8-13(6-7-17(15)28-2)16-11-23-25-26(16)14-9-18(29-3)20(31-5)19(10-14)30-4/h6-12H,22H2,1-5H3,(H,24,27). The third-order valence-corrected chi connectivity index (χ3v) is 4.61. The van der Waals surface area contributed by atoms with Gasteiger partial charge in [-0.25, -0.2) is 4.68 Å². The summed E-state index contributed by atoms with van der Waals surface area (Å²) in [6.07, 6.45) is 1.61. The van der Waals surface area contributed by atoms with Crippen LogP contribution in [0.25, 0.3) is 16.9 Å². The summed E-state index contributed by atoms with van der Waals surface area (Å²) in [5.74, 6) is 1.62. The average Bonchev–Trinajstić information content (AvgIpc) is 3.27. The molecular formula is C21H25N5O5. The number of benzene rings is 2. The number of amides is 1. The first-order valence-corrected chi connectivity index (χ1v) is 9.39. The molecule has 3 rings (SSSR count). The lowest BCUT2D eigenvalue weighted by molar-refractivity contribution is -0.117. The summed E-state index contributed by atoms with van der Waals surface area (Å²) in [5, 5.41) is 11.0. The predicted octanol–water partition coefficient (Wildman–Crippen LogP) is 2.25. The van der Waals surface area contributed by atoms with Crippen molar-refractivity contribution in [2.24, 2.45) is 5.73 Å². The van der Waals surface area contributed by atoms with Gasteiger partial charge in [0.2, 0.25) is 11.7 Å². The van der Waals surface area contributed by atoms with E-state index in [0.717, 1.165) is 5.56 Å². The van der Waals surface area contributed by atoms with Gasteiger partial charge in [0.1, 0.15) is 5.75 Å². The number of carbonyl (C=O) groups excluding carboxylic acids is 1. The molecule has 0 aliphatic rings. The van der Waals surface area contributed by atoms with E-state index in [1.54, 1.807) is 56.3 Å². The Hall–Kier alpha value is -3.79. The van der Waals surface area contributed by atoms with E-state index in [9.17, 15) is 4.79 Å². The molecule has 10 heteroatoms. The number of hydrogen-bond donors (Lipinski definition) is 2. The molecule has 1 aromatic heterocycles. The summed E-state index contributed by atoms with van der Waals surface area (Å²) in [5.41, 5.74) is 8.24. The number of carbonyl (C=O) groups is 1. The third kappa shape index (κ3) is 4.38. The van der Waals surface area contributed by atoms with Gasteiger partial charge in [-0.3, -0.25) is 4.79 Å². The van der Waals surface area contributed by atoms with Crippen LogP contribution in [0.3, 0.4) is 0 Å². The lowest BCUT2D eigenvalue weighted by Gasteiger charge is -2.16. The van der Waals surface area contributed by atoms with Crippen LogP contribution in [0, 0.1) is 0 Å². The molecule has 0 fully saturated rings. The van der Waals surface area contributed by atoms with Crippen molar-refractivity contribution in [3.05, 3.63) is 36.5 Å². The van der Waals surface area contributed by atoms with Crippen molar-refractivity contribution in [3.63, 3.8) is 0 Å². The van der Waals surface area contributed by atoms with Crippen LogP contribution in [0.15, 0.2) is 36.5 Å². The molecule has 31 heavy (non-hydrogen) atoms. The van der Waals surface area contributed by atoms with Gasteiger partial charge in [0.25, 0.3) is 0 Å². The number of aromatic nitrogens is 3. The van der Waals surface area contributed by atoms with E-state index in [4.69, 9.17) is 24.7 Å². The number of nitrogens with zero attached hydrogens (tertiary/aromatic N) is 3. The highest BCUT2D eigenvalue weighted by Crippen LogP contribution is 2.40. The smallest absolute Gasteiger partial charge is 0.241 e. The predicted molar refractivity (Wildman–Crippen MR) is 115 cm³/mol. The Morgan fingerprint density at radius 1 is 1.00 bits per heavy atom. The van der Waals surface area contributed by atoms with Crippen molar-refractivity contribution in [1.29, 1.82) is 0 Å². The Balaban J connectivity index is 2.09. The first-order chi connectivity index (χ1) is 14.9. The minimum Gasteiger partial charge on any atom is -0.495 e. The second-order valence-electron chi connectivity index (χ2n) is 6.61. The molecule has 0 saturated heterocycles. The minimum absolute atomic E-state index is 0.327. The quantitative estimate of drug-likeness (QED) is 0.561. The van der Waals surface area contributed by atoms with Crippen molar-refractivity contribution >= 4 is 11.6 Å². The zero-order chi connectivity index (χ0) is 22.5. The highest BCUT2D eigenvalue weighted by molar-refractivity contribution is 5.96. The van der Waals surface area contributed by atoms with Gasteiger partial charge in [-0.05, 0) is 25.1 Å². The molecule has 2 aromatic carbocycles. The summed E-state index contributed by atoms with van der Waals surface area (Å²) in [7, 11) is 6.15. The molecular weight excluding hydrogens is 402 g/mol. The van der Waals surface area contributed by atoms with Crippen LogP contribution < -0.4 is 30.0 Å². The molecule has 3 aromatic rings. The maximum absolute atomic E-state index is 12.1. The largest absolute Gasteiger partial charge is 0.495 e. The Morgan fingerprint density at radius 3 is 2.19 bits per heavy atom. The van der Waals surface area contributed by atoms with Crippen LogP contribution in [0.1, 0.15) is 6.92 Å². The summed E-state index contributed by atoms with van der Waals surface area (Å²) >= 11 is 0. The van der Waals surface area contributed by atoms with Gasteiger partial charge in [0.15, 0.2) is 11.5 Å². The van der Waals surface area contributed by atoms with Crippen molar-refractivity contribution in [3.8, 4) is 39.9 Å². The highest BCUT2D eigenvalue weighted by atomic mass is 16.5. The van der Waals surface area contributed by atoms with E-state index in [2.05, 4.69) is 15.6 Å². The lowest BCUT2D eigenvalue weighted by Crippen LogP contribution is -2.32. The van der Waals surface area contributed by atoms with E-state index in [0.29, 0.717) is 40.1 Å². The molecule has 1 unspecified atom stereocenters. The number of rotatable bonds is 8. The van der Waals surface area contributed by atoms with E-state index in [1.807, 2.05) is 6.07 Å². The SMILES string of the molecule is COc1ccc(-c2cnnn2-c2cc(OC)c(OC)c(OC)c2)cc1NC(=O)C(C)N. The van der Waals surface area contributed by atoms with Crippen LogP contribution in [-0.2, 0) is 4.79 Å². The van der Waals surface area contributed by atoms with E-state index in [-0.39, 0.29) is 5.91 Å². The van der Waals surface area contributed by atoms with Gasteiger partial charge in [-0.1, -0.05) is 5.21 Å². The molecule has 164 valence electrons. The van der Waals surface area contributed by atoms with Crippen LogP contribution in [0.2, 0.25) is 0 Å². The third-order valence-electron chi connectivity index (χ3n) is 4.61. The molecule has 0 saturated carbocycles. The fourth-order valence-corrected chi connectivity index (χ4v) is 3.02. The summed E-state index contributed by atoms with van der Waals surface area (Å²) in [6, 6.07) is 8.22. The van der Waals surface area contributed by atoms with E-state index >= 15 is 0 Å². The number of nitrogens with two attached hydrogens (primary N) is 1. The van der Waals surface area contributed by atoms with Gasteiger partial charge in [-0.15, -0.1) is 5.10 Å². The molecule has 0 aliphatic carbocycles. The maximum atomic E-state index is 12.1. The maximum Gasteiger partial charge on any atom is 0.241 e. The molecule has 0 radical (unpaired) electrons. The number of methoxy groups -OCH3 is 4. The summed E-state index contributed by atoms with van der Waals surface area (Å²) < 4.78 is 23.2. The average molecular weight is 427 g/mol. The molecule has 1 atom stereocenters. The second kappa shape index (κ2) is 9.35. The first-order valence-electron chi connectivity index (χ1n) is 9.39. The molecule has 1 heterocycles. The van der Waals surface area contributed by atoms with Crippen molar-refractivity contribution in [2.75, 3.05) is 33.8 Å².